The number of aromatic nitrogens is 2. The Morgan fingerprint density at radius 2 is 2.16 bits per heavy atom. The van der Waals surface area contributed by atoms with E-state index in [1.54, 1.807) is 0 Å². The van der Waals surface area contributed by atoms with Gasteiger partial charge < -0.3 is 15.0 Å². The lowest BCUT2D eigenvalue weighted by atomic mass is 9.88. The maximum absolute atomic E-state index is 5.74. The van der Waals surface area contributed by atoms with Crippen LogP contribution in [0, 0.1) is 5.41 Å². The van der Waals surface area contributed by atoms with Crippen molar-refractivity contribution in [2.45, 2.75) is 33.8 Å². The molecule has 0 aliphatic carbocycles. The smallest absolute Gasteiger partial charge is 0.268 e. The van der Waals surface area contributed by atoms with Crippen molar-refractivity contribution in [1.82, 2.24) is 10.1 Å². The van der Waals surface area contributed by atoms with Crippen molar-refractivity contribution in [3.8, 4) is 10.8 Å². The molecule has 0 aromatic carbocycles. The highest BCUT2D eigenvalue weighted by atomic mass is 32.1. The molecule has 104 valence electrons. The first kappa shape index (κ1) is 14.0. The third-order valence-corrected chi connectivity index (χ3v) is 3.54. The maximum atomic E-state index is 5.74. The molecule has 2 heterocycles. The van der Waals surface area contributed by atoms with Crippen LogP contribution in [0.4, 0.5) is 5.00 Å². The van der Waals surface area contributed by atoms with Gasteiger partial charge in [0, 0.05) is 6.61 Å². The van der Waals surface area contributed by atoms with E-state index in [1.165, 1.54) is 11.3 Å². The van der Waals surface area contributed by atoms with Gasteiger partial charge in [0.2, 0.25) is 5.82 Å². The summed E-state index contributed by atoms with van der Waals surface area (Å²) in [6.45, 7) is 8.84. The summed E-state index contributed by atoms with van der Waals surface area (Å²) in [5.41, 5.74) is 5.61. The topological polar surface area (TPSA) is 74.2 Å². The Morgan fingerprint density at radius 1 is 1.42 bits per heavy atom. The van der Waals surface area contributed by atoms with Crippen LogP contribution < -0.4 is 5.73 Å². The summed E-state index contributed by atoms with van der Waals surface area (Å²) >= 11 is 1.43. The summed E-state index contributed by atoms with van der Waals surface area (Å²) in [6.07, 6.45) is -0.188. The van der Waals surface area contributed by atoms with Crippen molar-refractivity contribution in [2.75, 3.05) is 12.3 Å². The molecule has 0 aliphatic heterocycles. The van der Waals surface area contributed by atoms with Crippen molar-refractivity contribution in [1.29, 1.82) is 0 Å². The molecule has 2 N–H and O–H groups in total. The van der Waals surface area contributed by atoms with Gasteiger partial charge in [0.05, 0.1) is 9.88 Å². The highest BCUT2D eigenvalue weighted by Crippen LogP contribution is 2.36. The molecule has 1 atom stereocenters. The zero-order chi connectivity index (χ0) is 14.0. The minimum atomic E-state index is -0.188. The van der Waals surface area contributed by atoms with Gasteiger partial charge in [-0.3, -0.25) is 0 Å². The zero-order valence-corrected chi connectivity index (χ0v) is 12.5. The first-order valence-electron chi connectivity index (χ1n) is 6.22. The minimum absolute atomic E-state index is 0.0916. The van der Waals surface area contributed by atoms with Crippen LogP contribution in [0.25, 0.3) is 10.8 Å². The van der Waals surface area contributed by atoms with Crippen LogP contribution in [-0.2, 0) is 4.74 Å². The number of hydrogen-bond acceptors (Lipinski definition) is 6. The van der Waals surface area contributed by atoms with Crippen LogP contribution in [-0.4, -0.2) is 16.7 Å². The van der Waals surface area contributed by atoms with Crippen molar-refractivity contribution in [3.05, 3.63) is 18.0 Å². The van der Waals surface area contributed by atoms with E-state index in [2.05, 4.69) is 30.9 Å². The van der Waals surface area contributed by atoms with Crippen LogP contribution in [0.2, 0.25) is 0 Å². The van der Waals surface area contributed by atoms with Gasteiger partial charge in [-0.25, -0.2) is 0 Å². The quantitative estimate of drug-likeness (QED) is 0.928. The van der Waals surface area contributed by atoms with E-state index in [-0.39, 0.29) is 11.5 Å². The van der Waals surface area contributed by atoms with Gasteiger partial charge >= 0.3 is 0 Å². The fourth-order valence-electron chi connectivity index (χ4n) is 1.79. The summed E-state index contributed by atoms with van der Waals surface area (Å²) < 4.78 is 11.0. The predicted molar refractivity (Wildman–Crippen MR) is 75.8 cm³/mol. The average Bonchev–Trinajstić information content (AvgIpc) is 2.92. The second kappa shape index (κ2) is 5.30. The second-order valence-corrected chi connectivity index (χ2v) is 6.48. The number of ether oxygens (including phenoxy) is 1. The summed E-state index contributed by atoms with van der Waals surface area (Å²) in [7, 11) is 0. The average molecular weight is 281 g/mol. The Labute approximate surface area is 116 Å². The third-order valence-electron chi connectivity index (χ3n) is 2.63. The maximum Gasteiger partial charge on any atom is 0.268 e. The Hall–Kier alpha value is -1.40. The van der Waals surface area contributed by atoms with Crippen molar-refractivity contribution in [2.24, 2.45) is 5.41 Å². The molecule has 0 spiro atoms. The molecule has 1 unspecified atom stereocenters. The molecule has 19 heavy (non-hydrogen) atoms. The van der Waals surface area contributed by atoms with E-state index in [4.69, 9.17) is 15.0 Å². The SMILES string of the molecule is CCOC(c1noc(-c2ccc(N)s2)n1)C(C)(C)C. The second-order valence-electron chi connectivity index (χ2n) is 5.36. The highest BCUT2D eigenvalue weighted by molar-refractivity contribution is 7.19. The largest absolute Gasteiger partial charge is 0.391 e. The molecular weight excluding hydrogens is 262 g/mol. The molecule has 2 aromatic heterocycles. The summed E-state index contributed by atoms with van der Waals surface area (Å²) in [6, 6.07) is 3.71. The monoisotopic (exact) mass is 281 g/mol. The van der Waals surface area contributed by atoms with E-state index in [9.17, 15) is 0 Å². The molecule has 0 fully saturated rings. The number of rotatable bonds is 4. The van der Waals surface area contributed by atoms with Gasteiger partial charge in [0.1, 0.15) is 6.10 Å². The van der Waals surface area contributed by atoms with E-state index in [1.807, 2.05) is 19.1 Å². The fourth-order valence-corrected chi connectivity index (χ4v) is 2.48. The lowest BCUT2D eigenvalue weighted by molar-refractivity contribution is -0.0203. The standard InChI is InChI=1S/C13H19N3O2S/c1-5-17-10(13(2,3)4)11-15-12(18-16-11)8-6-7-9(14)19-8/h6-7,10H,5,14H2,1-4H3. The normalized spacial score (nSPS) is 13.7. The number of nitrogens with zero attached hydrogens (tertiary/aromatic N) is 2. The van der Waals surface area contributed by atoms with E-state index in [0.29, 0.717) is 18.3 Å². The molecule has 6 heteroatoms. The van der Waals surface area contributed by atoms with Crippen molar-refractivity contribution < 1.29 is 9.26 Å². The van der Waals surface area contributed by atoms with Gasteiger partial charge in [-0.2, -0.15) is 4.98 Å². The number of nitrogen functional groups attached to an aromatic ring is 1. The molecule has 0 radical (unpaired) electrons. The summed E-state index contributed by atoms with van der Waals surface area (Å²) in [4.78, 5) is 5.31. The van der Waals surface area contributed by atoms with Crippen LogP contribution in [0.3, 0.4) is 0 Å². The number of nitrogens with two attached hydrogens (primary N) is 1. The molecule has 5 nitrogen and oxygen atoms in total. The Bertz CT molecular complexity index is 542. The van der Waals surface area contributed by atoms with Gasteiger partial charge in [-0.05, 0) is 24.5 Å². The molecule has 0 amide bonds. The predicted octanol–water partition coefficient (Wildman–Crippen LogP) is 3.50. The van der Waals surface area contributed by atoms with Crippen LogP contribution in [0.15, 0.2) is 16.7 Å². The van der Waals surface area contributed by atoms with Crippen molar-refractivity contribution >= 4 is 16.3 Å². The minimum Gasteiger partial charge on any atom is -0.391 e. The molecule has 0 saturated carbocycles. The van der Waals surface area contributed by atoms with Gasteiger partial charge in [0.15, 0.2) is 0 Å². The lowest BCUT2D eigenvalue weighted by Crippen LogP contribution is -2.22. The Kier molecular flexibility index (Phi) is 3.91. The van der Waals surface area contributed by atoms with E-state index >= 15 is 0 Å². The van der Waals surface area contributed by atoms with Gasteiger partial charge in [-0.15, -0.1) is 11.3 Å². The molecule has 0 aliphatic rings. The number of thiophene rings is 1. The van der Waals surface area contributed by atoms with Crippen LogP contribution in [0.1, 0.15) is 39.6 Å². The molecular formula is C13H19N3O2S. The molecule has 2 rings (SSSR count). The zero-order valence-electron chi connectivity index (χ0n) is 11.6. The fraction of sp³-hybridized carbons (Fsp3) is 0.538. The Balaban J connectivity index is 2.28. The molecule has 0 bridgehead atoms. The van der Waals surface area contributed by atoms with Gasteiger partial charge in [-0.1, -0.05) is 25.9 Å². The van der Waals surface area contributed by atoms with Crippen LogP contribution >= 0.6 is 11.3 Å². The highest BCUT2D eigenvalue weighted by Gasteiger charge is 2.31. The Morgan fingerprint density at radius 3 is 2.68 bits per heavy atom. The first-order valence-corrected chi connectivity index (χ1v) is 7.04. The van der Waals surface area contributed by atoms with Crippen molar-refractivity contribution in [3.63, 3.8) is 0 Å². The number of anilines is 1. The summed E-state index contributed by atoms with van der Waals surface area (Å²) in [5.74, 6) is 1.07. The first-order chi connectivity index (χ1) is 8.91. The lowest BCUT2D eigenvalue weighted by Gasteiger charge is -2.27. The van der Waals surface area contributed by atoms with E-state index < -0.39 is 0 Å². The molecule has 2 aromatic rings. The number of hydrogen-bond donors (Lipinski definition) is 1. The van der Waals surface area contributed by atoms with Crippen LogP contribution in [0.5, 0.6) is 0 Å². The summed E-state index contributed by atoms with van der Waals surface area (Å²) in [5, 5.41) is 4.77. The van der Waals surface area contributed by atoms with E-state index in [0.717, 1.165) is 9.88 Å². The van der Waals surface area contributed by atoms with Gasteiger partial charge in [0.25, 0.3) is 5.89 Å². The molecule has 0 saturated heterocycles. The third kappa shape index (κ3) is 3.13.